The van der Waals surface area contributed by atoms with E-state index in [0.717, 1.165) is 44.0 Å². The lowest BCUT2D eigenvalue weighted by molar-refractivity contribution is 0.0325. The van der Waals surface area contributed by atoms with Crippen molar-refractivity contribution in [3.8, 4) is 0 Å². The van der Waals surface area contributed by atoms with Crippen LogP contribution in [0.3, 0.4) is 0 Å². The fraction of sp³-hybridized carbons (Fsp3) is 0.400. The van der Waals surface area contributed by atoms with Crippen LogP contribution in [0, 0.1) is 0 Å². The van der Waals surface area contributed by atoms with Crippen molar-refractivity contribution in [2.24, 2.45) is 0 Å². The molecule has 0 aromatic heterocycles. The third kappa shape index (κ3) is 3.04. The standard InChI is InChI=1S/C20H23ClN2O/c21-16-5-3-6-17(14-16)22-10-12-23(13-11-22)20-18-7-2-1-4-15(18)8-9-19(20)24/h1-7,14,19-20,24H,8-13H2. The molecule has 1 aliphatic carbocycles. The van der Waals surface area contributed by atoms with Crippen LogP contribution in [0.4, 0.5) is 5.69 Å². The highest BCUT2D eigenvalue weighted by atomic mass is 35.5. The Bertz CT molecular complexity index is 712. The summed E-state index contributed by atoms with van der Waals surface area (Å²) in [6, 6.07) is 16.8. The molecule has 126 valence electrons. The molecule has 1 fully saturated rings. The van der Waals surface area contributed by atoms with Gasteiger partial charge in [0.05, 0.1) is 12.1 Å². The number of nitrogens with zero attached hydrogens (tertiary/aromatic N) is 2. The van der Waals surface area contributed by atoms with Crippen molar-refractivity contribution in [3.05, 3.63) is 64.7 Å². The molecule has 2 aromatic rings. The number of piperazine rings is 1. The second kappa shape index (κ2) is 6.75. The molecule has 2 unspecified atom stereocenters. The monoisotopic (exact) mass is 342 g/mol. The van der Waals surface area contributed by atoms with E-state index in [4.69, 9.17) is 11.6 Å². The van der Waals surface area contributed by atoms with Gasteiger partial charge in [0.15, 0.2) is 0 Å². The van der Waals surface area contributed by atoms with E-state index in [1.165, 1.54) is 16.8 Å². The first-order chi connectivity index (χ1) is 11.7. The molecule has 0 saturated carbocycles. The number of anilines is 1. The number of aliphatic hydroxyl groups is 1. The van der Waals surface area contributed by atoms with Gasteiger partial charge >= 0.3 is 0 Å². The van der Waals surface area contributed by atoms with Crippen LogP contribution in [0.2, 0.25) is 5.02 Å². The van der Waals surface area contributed by atoms with E-state index >= 15 is 0 Å². The summed E-state index contributed by atoms with van der Waals surface area (Å²) in [6.45, 7) is 3.85. The van der Waals surface area contributed by atoms with Gasteiger partial charge in [-0.25, -0.2) is 0 Å². The topological polar surface area (TPSA) is 26.7 Å². The molecular formula is C20H23ClN2O. The summed E-state index contributed by atoms with van der Waals surface area (Å²) in [5, 5.41) is 11.4. The van der Waals surface area contributed by atoms with Crippen molar-refractivity contribution in [1.29, 1.82) is 0 Å². The van der Waals surface area contributed by atoms with Gasteiger partial charge in [-0.05, 0) is 42.2 Å². The number of aryl methyl sites for hydroxylation is 1. The number of aliphatic hydroxyl groups excluding tert-OH is 1. The Morgan fingerprint density at radius 1 is 0.958 bits per heavy atom. The molecule has 2 aromatic carbocycles. The van der Waals surface area contributed by atoms with Gasteiger partial charge in [-0.2, -0.15) is 0 Å². The van der Waals surface area contributed by atoms with Crippen molar-refractivity contribution in [1.82, 2.24) is 4.90 Å². The van der Waals surface area contributed by atoms with Crippen LogP contribution in [0.25, 0.3) is 0 Å². The summed E-state index contributed by atoms with van der Waals surface area (Å²) in [4.78, 5) is 4.83. The molecule has 1 aliphatic heterocycles. The zero-order valence-corrected chi connectivity index (χ0v) is 14.5. The molecule has 4 rings (SSSR count). The van der Waals surface area contributed by atoms with Crippen LogP contribution >= 0.6 is 11.6 Å². The number of fused-ring (bicyclic) bond motifs is 1. The number of rotatable bonds is 2. The Kier molecular flexibility index (Phi) is 4.49. The second-order valence-corrected chi connectivity index (χ2v) is 7.19. The maximum absolute atomic E-state index is 10.6. The molecule has 2 aliphatic rings. The fourth-order valence-corrected chi connectivity index (χ4v) is 4.27. The van der Waals surface area contributed by atoms with Gasteiger partial charge in [0.25, 0.3) is 0 Å². The van der Waals surface area contributed by atoms with Gasteiger partial charge < -0.3 is 10.0 Å². The molecule has 1 heterocycles. The SMILES string of the molecule is OC1CCc2ccccc2C1N1CCN(c2cccc(Cl)c2)CC1. The van der Waals surface area contributed by atoms with Crippen LogP contribution in [-0.4, -0.2) is 42.3 Å². The molecule has 0 radical (unpaired) electrons. The number of hydrogen-bond donors (Lipinski definition) is 1. The average Bonchev–Trinajstić information content (AvgIpc) is 2.62. The zero-order chi connectivity index (χ0) is 16.5. The third-order valence-corrected chi connectivity index (χ3v) is 5.56. The summed E-state index contributed by atoms with van der Waals surface area (Å²) >= 11 is 6.12. The van der Waals surface area contributed by atoms with Crippen molar-refractivity contribution < 1.29 is 5.11 Å². The molecular weight excluding hydrogens is 320 g/mol. The summed E-state index contributed by atoms with van der Waals surface area (Å²) in [5.74, 6) is 0. The Labute approximate surface area is 148 Å². The summed E-state index contributed by atoms with van der Waals surface area (Å²) in [6.07, 6.45) is 1.57. The third-order valence-electron chi connectivity index (χ3n) is 5.33. The second-order valence-electron chi connectivity index (χ2n) is 6.75. The first-order valence-electron chi connectivity index (χ1n) is 8.73. The first kappa shape index (κ1) is 15.9. The number of benzene rings is 2. The maximum atomic E-state index is 10.6. The maximum Gasteiger partial charge on any atom is 0.0740 e. The Morgan fingerprint density at radius 3 is 2.54 bits per heavy atom. The predicted octanol–water partition coefficient (Wildman–Crippen LogP) is 3.51. The lowest BCUT2D eigenvalue weighted by Gasteiger charge is -2.44. The van der Waals surface area contributed by atoms with Crippen LogP contribution in [0.5, 0.6) is 0 Å². The molecule has 0 amide bonds. The Balaban J connectivity index is 1.50. The van der Waals surface area contributed by atoms with Crippen molar-refractivity contribution in [2.75, 3.05) is 31.1 Å². The molecule has 3 nitrogen and oxygen atoms in total. The summed E-state index contributed by atoms with van der Waals surface area (Å²) < 4.78 is 0. The largest absolute Gasteiger partial charge is 0.391 e. The number of halogens is 1. The summed E-state index contributed by atoms with van der Waals surface area (Å²) in [7, 11) is 0. The van der Waals surface area contributed by atoms with Gasteiger partial charge in [0.1, 0.15) is 0 Å². The molecule has 1 N–H and O–H groups in total. The van der Waals surface area contributed by atoms with Gasteiger partial charge in [0, 0.05) is 36.9 Å². The Morgan fingerprint density at radius 2 is 1.75 bits per heavy atom. The van der Waals surface area contributed by atoms with Crippen molar-refractivity contribution in [2.45, 2.75) is 25.0 Å². The van der Waals surface area contributed by atoms with E-state index < -0.39 is 0 Å². The smallest absolute Gasteiger partial charge is 0.0740 e. The van der Waals surface area contributed by atoms with E-state index in [1.807, 2.05) is 18.2 Å². The molecule has 1 saturated heterocycles. The highest BCUT2D eigenvalue weighted by Crippen LogP contribution is 2.35. The molecule has 0 spiro atoms. The lowest BCUT2D eigenvalue weighted by atomic mass is 9.84. The molecule has 24 heavy (non-hydrogen) atoms. The van der Waals surface area contributed by atoms with Crippen molar-refractivity contribution in [3.63, 3.8) is 0 Å². The predicted molar refractivity (Wildman–Crippen MR) is 98.7 cm³/mol. The summed E-state index contributed by atoms with van der Waals surface area (Å²) in [5.41, 5.74) is 3.89. The van der Waals surface area contributed by atoms with Crippen molar-refractivity contribution >= 4 is 17.3 Å². The van der Waals surface area contributed by atoms with E-state index in [0.29, 0.717) is 0 Å². The van der Waals surface area contributed by atoms with Gasteiger partial charge in [-0.3, -0.25) is 4.90 Å². The zero-order valence-electron chi connectivity index (χ0n) is 13.7. The van der Waals surface area contributed by atoms with Gasteiger partial charge in [0.2, 0.25) is 0 Å². The molecule has 0 bridgehead atoms. The van der Waals surface area contributed by atoms with E-state index in [2.05, 4.69) is 40.1 Å². The van der Waals surface area contributed by atoms with Crippen LogP contribution in [-0.2, 0) is 6.42 Å². The van der Waals surface area contributed by atoms with Gasteiger partial charge in [-0.1, -0.05) is 41.9 Å². The molecule has 2 atom stereocenters. The highest BCUT2D eigenvalue weighted by molar-refractivity contribution is 6.30. The quantitative estimate of drug-likeness (QED) is 0.904. The van der Waals surface area contributed by atoms with E-state index in [9.17, 15) is 5.11 Å². The van der Waals surface area contributed by atoms with Crippen LogP contribution in [0.15, 0.2) is 48.5 Å². The normalized spacial score (nSPS) is 24.7. The van der Waals surface area contributed by atoms with Gasteiger partial charge in [-0.15, -0.1) is 0 Å². The number of hydrogen-bond acceptors (Lipinski definition) is 3. The van der Waals surface area contributed by atoms with Crippen LogP contribution in [0.1, 0.15) is 23.6 Å². The molecule has 4 heteroatoms. The fourth-order valence-electron chi connectivity index (χ4n) is 4.09. The minimum atomic E-state index is -0.266. The minimum absolute atomic E-state index is 0.136. The minimum Gasteiger partial charge on any atom is -0.391 e. The van der Waals surface area contributed by atoms with E-state index in [-0.39, 0.29) is 12.1 Å². The Hall–Kier alpha value is -1.55. The average molecular weight is 343 g/mol. The lowest BCUT2D eigenvalue weighted by Crippen LogP contribution is -2.51. The van der Waals surface area contributed by atoms with E-state index in [1.54, 1.807) is 0 Å². The van der Waals surface area contributed by atoms with Crippen LogP contribution < -0.4 is 4.90 Å². The first-order valence-corrected chi connectivity index (χ1v) is 9.10. The highest BCUT2D eigenvalue weighted by Gasteiger charge is 2.34.